The number of hydrogen-bond donors (Lipinski definition) is 2. The molecule has 0 saturated heterocycles. The highest BCUT2D eigenvalue weighted by Crippen LogP contribution is 2.28. The molecule has 3 nitrogen and oxygen atoms in total. The summed E-state index contributed by atoms with van der Waals surface area (Å²) in [6.07, 6.45) is 2.61. The van der Waals surface area contributed by atoms with Gasteiger partial charge in [0.05, 0.1) is 11.7 Å². The average Bonchev–Trinajstić information content (AvgIpc) is 2.47. The molecule has 0 radical (unpaired) electrons. The Bertz CT molecular complexity index is 441. The summed E-state index contributed by atoms with van der Waals surface area (Å²) in [6.45, 7) is 0.422. The highest BCUT2D eigenvalue weighted by Gasteiger charge is 2.26. The predicted octanol–water partition coefficient (Wildman–Crippen LogP) is 2.48. The molecule has 0 bridgehead atoms. The van der Waals surface area contributed by atoms with Gasteiger partial charge in [0.15, 0.2) is 0 Å². The predicted molar refractivity (Wildman–Crippen MR) is 76.8 cm³/mol. The Hall–Kier alpha value is -1.04. The first kappa shape index (κ1) is 16.3. The summed E-state index contributed by atoms with van der Waals surface area (Å²) in [4.78, 5) is 1.96. The number of nitrogens with zero attached hydrogens (tertiary/aromatic N) is 1. The van der Waals surface area contributed by atoms with Crippen LogP contribution in [0.5, 0.6) is 0 Å². The summed E-state index contributed by atoms with van der Waals surface area (Å²) in [7, 11) is 1.87. The number of aliphatic hydroxyl groups is 2. The van der Waals surface area contributed by atoms with Crippen LogP contribution in [-0.4, -0.2) is 41.4 Å². The SMILES string of the molecule is CN(CC(O)c1c(F)cccc1F)C1CCC(CO)CC1. The molecule has 5 heteroatoms. The number of benzene rings is 1. The maximum atomic E-state index is 13.6. The standard InChI is InChI=1S/C16H23F2NO2/c1-19(12-7-5-11(10-20)6-8-12)9-15(21)16-13(17)3-2-4-14(16)18/h2-4,11-12,15,20-21H,5-10H2,1H3. The van der Waals surface area contributed by atoms with E-state index < -0.39 is 17.7 Å². The van der Waals surface area contributed by atoms with Gasteiger partial charge in [-0.3, -0.25) is 0 Å². The van der Waals surface area contributed by atoms with Gasteiger partial charge >= 0.3 is 0 Å². The number of hydrogen-bond acceptors (Lipinski definition) is 3. The van der Waals surface area contributed by atoms with Crippen molar-refractivity contribution in [2.24, 2.45) is 5.92 Å². The molecule has 1 fully saturated rings. The van der Waals surface area contributed by atoms with E-state index in [2.05, 4.69) is 0 Å². The molecule has 0 amide bonds. The summed E-state index contributed by atoms with van der Waals surface area (Å²) in [5, 5.41) is 19.3. The summed E-state index contributed by atoms with van der Waals surface area (Å²) >= 11 is 0. The number of aliphatic hydroxyl groups excluding tert-OH is 2. The van der Waals surface area contributed by atoms with E-state index in [4.69, 9.17) is 5.11 Å². The van der Waals surface area contributed by atoms with Gasteiger partial charge in [-0.15, -0.1) is 0 Å². The van der Waals surface area contributed by atoms with Crippen LogP contribution in [0.4, 0.5) is 8.78 Å². The van der Waals surface area contributed by atoms with Crippen molar-refractivity contribution in [3.8, 4) is 0 Å². The molecule has 0 aromatic heterocycles. The van der Waals surface area contributed by atoms with Gasteiger partial charge in [0, 0.05) is 19.2 Å². The first-order chi connectivity index (χ1) is 10.0. The maximum Gasteiger partial charge on any atom is 0.131 e. The minimum Gasteiger partial charge on any atom is -0.396 e. The minimum atomic E-state index is -1.17. The molecule has 1 saturated carbocycles. The number of likely N-dealkylation sites (N-methyl/N-ethyl adjacent to an activating group) is 1. The molecule has 1 unspecified atom stereocenters. The van der Waals surface area contributed by atoms with Crippen LogP contribution in [0, 0.1) is 17.6 Å². The Morgan fingerprint density at radius 2 is 1.76 bits per heavy atom. The lowest BCUT2D eigenvalue weighted by Crippen LogP contribution is -2.38. The van der Waals surface area contributed by atoms with E-state index in [0.29, 0.717) is 5.92 Å². The quantitative estimate of drug-likeness (QED) is 0.878. The van der Waals surface area contributed by atoms with E-state index >= 15 is 0 Å². The Labute approximate surface area is 124 Å². The van der Waals surface area contributed by atoms with E-state index in [-0.39, 0.29) is 24.8 Å². The minimum absolute atomic E-state index is 0.201. The third kappa shape index (κ3) is 3.99. The molecule has 0 heterocycles. The average molecular weight is 299 g/mol. The molecule has 0 spiro atoms. The smallest absolute Gasteiger partial charge is 0.131 e. The molecule has 1 aromatic rings. The maximum absolute atomic E-state index is 13.6. The lowest BCUT2D eigenvalue weighted by atomic mass is 9.86. The molecular formula is C16H23F2NO2. The second-order valence-corrected chi connectivity index (χ2v) is 5.95. The Morgan fingerprint density at radius 3 is 2.29 bits per heavy atom. The van der Waals surface area contributed by atoms with Crippen LogP contribution in [0.1, 0.15) is 37.4 Å². The van der Waals surface area contributed by atoms with E-state index in [1.165, 1.54) is 6.07 Å². The Morgan fingerprint density at radius 1 is 1.19 bits per heavy atom. The van der Waals surface area contributed by atoms with Crippen LogP contribution in [0.25, 0.3) is 0 Å². The number of halogens is 2. The van der Waals surface area contributed by atoms with Crippen molar-refractivity contribution in [3.05, 3.63) is 35.4 Å². The van der Waals surface area contributed by atoms with Crippen LogP contribution >= 0.6 is 0 Å². The van der Waals surface area contributed by atoms with Crippen molar-refractivity contribution in [1.82, 2.24) is 4.90 Å². The second kappa shape index (κ2) is 7.29. The van der Waals surface area contributed by atoms with E-state index in [0.717, 1.165) is 37.8 Å². The van der Waals surface area contributed by atoms with Crippen LogP contribution in [0.15, 0.2) is 18.2 Å². The fourth-order valence-corrected chi connectivity index (χ4v) is 3.11. The van der Waals surface area contributed by atoms with Gasteiger partial charge in [-0.25, -0.2) is 8.78 Å². The van der Waals surface area contributed by atoms with Crippen molar-refractivity contribution >= 4 is 0 Å². The highest BCUT2D eigenvalue weighted by molar-refractivity contribution is 5.22. The van der Waals surface area contributed by atoms with Gasteiger partial charge in [0.25, 0.3) is 0 Å². The molecule has 1 aliphatic rings. The first-order valence-electron chi connectivity index (χ1n) is 7.46. The van der Waals surface area contributed by atoms with Crippen LogP contribution in [0.2, 0.25) is 0 Å². The van der Waals surface area contributed by atoms with Crippen LogP contribution in [0.3, 0.4) is 0 Å². The van der Waals surface area contributed by atoms with E-state index in [1.807, 2.05) is 11.9 Å². The second-order valence-electron chi connectivity index (χ2n) is 5.95. The number of rotatable bonds is 5. The van der Waals surface area contributed by atoms with Gasteiger partial charge in [-0.1, -0.05) is 6.07 Å². The van der Waals surface area contributed by atoms with Crippen LogP contribution in [-0.2, 0) is 0 Å². The molecule has 21 heavy (non-hydrogen) atoms. The summed E-state index contributed by atoms with van der Waals surface area (Å²) in [5.41, 5.74) is -0.256. The van der Waals surface area contributed by atoms with Gasteiger partial charge < -0.3 is 15.1 Å². The van der Waals surface area contributed by atoms with Gasteiger partial charge in [0.1, 0.15) is 11.6 Å². The van der Waals surface area contributed by atoms with E-state index in [1.54, 1.807) is 0 Å². The zero-order valence-electron chi connectivity index (χ0n) is 12.3. The third-order valence-electron chi connectivity index (χ3n) is 4.49. The molecule has 2 N–H and O–H groups in total. The zero-order valence-corrected chi connectivity index (χ0v) is 12.3. The Kier molecular flexibility index (Phi) is 5.67. The molecule has 1 aliphatic carbocycles. The summed E-state index contributed by atoms with van der Waals surface area (Å²) in [5.74, 6) is -1.05. The monoisotopic (exact) mass is 299 g/mol. The fraction of sp³-hybridized carbons (Fsp3) is 0.625. The molecule has 118 valence electrons. The van der Waals surface area contributed by atoms with Crippen LogP contribution < -0.4 is 0 Å². The first-order valence-corrected chi connectivity index (χ1v) is 7.46. The fourth-order valence-electron chi connectivity index (χ4n) is 3.11. The molecule has 0 aliphatic heterocycles. The van der Waals surface area contributed by atoms with E-state index in [9.17, 15) is 13.9 Å². The van der Waals surface area contributed by atoms with Crippen molar-refractivity contribution in [2.75, 3.05) is 20.2 Å². The largest absolute Gasteiger partial charge is 0.396 e. The lowest BCUT2D eigenvalue weighted by Gasteiger charge is -2.35. The highest BCUT2D eigenvalue weighted by atomic mass is 19.1. The van der Waals surface area contributed by atoms with Crippen molar-refractivity contribution in [3.63, 3.8) is 0 Å². The Balaban J connectivity index is 1.95. The van der Waals surface area contributed by atoms with Crippen molar-refractivity contribution in [1.29, 1.82) is 0 Å². The van der Waals surface area contributed by atoms with Gasteiger partial charge in [-0.05, 0) is 50.8 Å². The van der Waals surface area contributed by atoms with Gasteiger partial charge in [0.2, 0.25) is 0 Å². The topological polar surface area (TPSA) is 43.7 Å². The zero-order chi connectivity index (χ0) is 15.4. The molecule has 1 atom stereocenters. The summed E-state index contributed by atoms with van der Waals surface area (Å²) in [6, 6.07) is 3.90. The van der Waals surface area contributed by atoms with Crippen molar-refractivity contribution in [2.45, 2.75) is 37.8 Å². The molecule has 1 aromatic carbocycles. The van der Waals surface area contributed by atoms with Crippen molar-refractivity contribution < 1.29 is 19.0 Å². The molecule has 2 rings (SSSR count). The normalized spacial score (nSPS) is 24.3. The summed E-state index contributed by atoms with van der Waals surface area (Å²) < 4.78 is 27.3. The molecular weight excluding hydrogens is 276 g/mol. The van der Waals surface area contributed by atoms with Gasteiger partial charge in [-0.2, -0.15) is 0 Å². The lowest BCUT2D eigenvalue weighted by molar-refractivity contribution is 0.0725. The third-order valence-corrected chi connectivity index (χ3v) is 4.49.